The summed E-state index contributed by atoms with van der Waals surface area (Å²) < 4.78 is 10.4. The Labute approximate surface area is 122 Å². The maximum atomic E-state index is 11.8. The van der Waals surface area contributed by atoms with Crippen LogP contribution in [0.3, 0.4) is 0 Å². The monoisotopic (exact) mass is 278 g/mol. The molecule has 0 N–H and O–H groups in total. The predicted octanol–water partition coefficient (Wildman–Crippen LogP) is 3.98. The first kappa shape index (κ1) is 13.2. The molecule has 0 aliphatic rings. The third kappa shape index (κ3) is 2.87. The van der Waals surface area contributed by atoms with Crippen LogP contribution >= 0.6 is 0 Å². The van der Waals surface area contributed by atoms with Crippen LogP contribution in [0, 0.1) is 0 Å². The van der Waals surface area contributed by atoms with Crippen LogP contribution in [0.1, 0.15) is 0 Å². The lowest BCUT2D eigenvalue weighted by Gasteiger charge is -2.05. The molecular formula is C18H14O3. The highest BCUT2D eigenvalue weighted by molar-refractivity contribution is 5.69. The van der Waals surface area contributed by atoms with Gasteiger partial charge >= 0.3 is 5.63 Å². The van der Waals surface area contributed by atoms with Gasteiger partial charge < -0.3 is 9.15 Å². The first-order valence-electron chi connectivity index (χ1n) is 6.61. The third-order valence-electron chi connectivity index (χ3n) is 3.25. The Hall–Kier alpha value is -2.81. The summed E-state index contributed by atoms with van der Waals surface area (Å²) in [6.45, 7) is 0. The molecule has 0 spiro atoms. The quantitative estimate of drug-likeness (QED) is 0.727. The van der Waals surface area contributed by atoms with Crippen molar-refractivity contribution in [2.24, 2.45) is 0 Å². The van der Waals surface area contributed by atoms with Crippen molar-refractivity contribution in [1.82, 2.24) is 0 Å². The minimum absolute atomic E-state index is 0.359. The van der Waals surface area contributed by atoms with Crippen molar-refractivity contribution in [3.8, 4) is 28.2 Å². The molecular weight excluding hydrogens is 264 g/mol. The Balaban J connectivity index is 2.07. The van der Waals surface area contributed by atoms with Crippen LogP contribution in [0.15, 0.2) is 75.9 Å². The van der Waals surface area contributed by atoms with Crippen molar-refractivity contribution in [3.63, 3.8) is 0 Å². The second-order valence-corrected chi connectivity index (χ2v) is 4.62. The summed E-state index contributed by atoms with van der Waals surface area (Å²) in [5, 5.41) is 0. The molecule has 0 saturated heterocycles. The molecule has 1 heterocycles. The van der Waals surface area contributed by atoms with E-state index in [4.69, 9.17) is 9.15 Å². The summed E-state index contributed by atoms with van der Waals surface area (Å²) in [6.07, 6.45) is 0. The van der Waals surface area contributed by atoms with Crippen LogP contribution in [0.5, 0.6) is 5.75 Å². The van der Waals surface area contributed by atoms with Crippen LogP contribution in [0.2, 0.25) is 0 Å². The van der Waals surface area contributed by atoms with E-state index in [0.29, 0.717) is 5.76 Å². The van der Waals surface area contributed by atoms with Crippen LogP contribution < -0.4 is 10.4 Å². The smallest absolute Gasteiger partial charge is 0.336 e. The summed E-state index contributed by atoms with van der Waals surface area (Å²) in [5.41, 5.74) is 2.29. The molecule has 0 fully saturated rings. The molecule has 2 aromatic carbocycles. The molecule has 3 nitrogen and oxygen atoms in total. The van der Waals surface area contributed by atoms with Crippen LogP contribution in [0.25, 0.3) is 22.5 Å². The highest BCUT2D eigenvalue weighted by Crippen LogP contribution is 2.26. The molecule has 0 unspecified atom stereocenters. The molecule has 1 aromatic heterocycles. The zero-order valence-corrected chi connectivity index (χ0v) is 11.6. The topological polar surface area (TPSA) is 39.4 Å². The van der Waals surface area contributed by atoms with Gasteiger partial charge in [0.1, 0.15) is 11.5 Å². The molecule has 3 heteroatoms. The molecule has 3 aromatic rings. The van der Waals surface area contributed by atoms with E-state index in [1.165, 1.54) is 6.07 Å². The summed E-state index contributed by atoms with van der Waals surface area (Å²) >= 11 is 0. The maximum absolute atomic E-state index is 11.8. The van der Waals surface area contributed by atoms with E-state index in [9.17, 15) is 4.79 Å². The summed E-state index contributed by atoms with van der Waals surface area (Å²) in [7, 11) is 1.62. The highest BCUT2D eigenvalue weighted by Gasteiger charge is 2.06. The normalized spacial score (nSPS) is 10.3. The first-order valence-corrected chi connectivity index (χ1v) is 6.61. The fourth-order valence-corrected chi connectivity index (χ4v) is 2.17. The van der Waals surface area contributed by atoms with Gasteiger partial charge in [0.05, 0.1) is 7.11 Å². The van der Waals surface area contributed by atoms with Crippen molar-refractivity contribution in [2.45, 2.75) is 0 Å². The van der Waals surface area contributed by atoms with E-state index in [-0.39, 0.29) is 5.63 Å². The fraction of sp³-hybridized carbons (Fsp3) is 0.0556. The fourth-order valence-electron chi connectivity index (χ4n) is 2.17. The van der Waals surface area contributed by atoms with E-state index < -0.39 is 0 Å². The molecule has 21 heavy (non-hydrogen) atoms. The lowest BCUT2D eigenvalue weighted by Crippen LogP contribution is -1.98. The van der Waals surface area contributed by atoms with E-state index in [2.05, 4.69) is 0 Å². The molecule has 0 aliphatic carbocycles. The first-order chi connectivity index (χ1) is 10.3. The van der Waals surface area contributed by atoms with Gasteiger partial charge in [-0.15, -0.1) is 0 Å². The molecule has 3 rings (SSSR count). The zero-order chi connectivity index (χ0) is 14.7. The molecule has 0 atom stereocenters. The van der Waals surface area contributed by atoms with Crippen LogP contribution in [-0.2, 0) is 0 Å². The summed E-state index contributed by atoms with van der Waals surface area (Å²) in [6, 6.07) is 20.5. The Morgan fingerprint density at radius 3 is 2.19 bits per heavy atom. The van der Waals surface area contributed by atoms with Gasteiger partial charge in [-0.1, -0.05) is 42.5 Å². The molecule has 0 amide bonds. The largest absolute Gasteiger partial charge is 0.497 e. The number of hydrogen-bond donors (Lipinski definition) is 0. The van der Waals surface area contributed by atoms with Gasteiger partial charge in [-0.05, 0) is 29.3 Å². The van der Waals surface area contributed by atoms with Gasteiger partial charge in [0.15, 0.2) is 0 Å². The maximum Gasteiger partial charge on any atom is 0.336 e. The van der Waals surface area contributed by atoms with Crippen molar-refractivity contribution in [2.75, 3.05) is 7.11 Å². The average Bonchev–Trinajstić information content (AvgIpc) is 2.55. The number of methoxy groups -OCH3 is 1. The Morgan fingerprint density at radius 1 is 0.810 bits per heavy atom. The van der Waals surface area contributed by atoms with Crippen molar-refractivity contribution >= 4 is 0 Å². The zero-order valence-electron chi connectivity index (χ0n) is 11.6. The highest BCUT2D eigenvalue weighted by atomic mass is 16.5. The van der Waals surface area contributed by atoms with Crippen LogP contribution in [-0.4, -0.2) is 7.11 Å². The molecule has 0 saturated carbocycles. The Morgan fingerprint density at radius 2 is 1.52 bits per heavy atom. The van der Waals surface area contributed by atoms with Crippen molar-refractivity contribution in [3.05, 3.63) is 77.2 Å². The minimum atomic E-state index is -0.359. The average molecular weight is 278 g/mol. The number of benzene rings is 2. The Kier molecular flexibility index (Phi) is 3.56. The Bertz CT molecular complexity index is 787. The van der Waals surface area contributed by atoms with Gasteiger partial charge in [-0.25, -0.2) is 4.79 Å². The number of hydrogen-bond acceptors (Lipinski definition) is 3. The third-order valence-corrected chi connectivity index (χ3v) is 3.25. The molecule has 0 radical (unpaired) electrons. The van der Waals surface area contributed by atoms with Gasteiger partial charge in [-0.3, -0.25) is 0 Å². The van der Waals surface area contributed by atoms with Crippen molar-refractivity contribution in [1.29, 1.82) is 0 Å². The predicted molar refractivity (Wildman–Crippen MR) is 82.4 cm³/mol. The lowest BCUT2D eigenvalue weighted by molar-refractivity contribution is 0.415. The van der Waals surface area contributed by atoms with E-state index in [1.807, 2.05) is 60.7 Å². The SMILES string of the molecule is COc1ccc(-c2cc(-c3ccccc3)oc(=O)c2)cc1. The summed E-state index contributed by atoms with van der Waals surface area (Å²) in [4.78, 5) is 11.8. The lowest BCUT2D eigenvalue weighted by atomic mass is 10.0. The standard InChI is InChI=1S/C18H14O3/c1-20-16-9-7-13(8-10-16)15-11-17(21-18(19)12-15)14-5-3-2-4-6-14/h2-12H,1H3. The summed E-state index contributed by atoms with van der Waals surface area (Å²) in [5.74, 6) is 1.35. The van der Waals surface area contributed by atoms with Gasteiger partial charge in [-0.2, -0.15) is 0 Å². The van der Waals surface area contributed by atoms with E-state index in [0.717, 1.165) is 22.4 Å². The van der Waals surface area contributed by atoms with Crippen LogP contribution in [0.4, 0.5) is 0 Å². The van der Waals surface area contributed by atoms with Gasteiger partial charge in [0, 0.05) is 11.6 Å². The van der Waals surface area contributed by atoms with Gasteiger partial charge in [0.2, 0.25) is 0 Å². The van der Waals surface area contributed by atoms with E-state index >= 15 is 0 Å². The second kappa shape index (κ2) is 5.67. The van der Waals surface area contributed by atoms with Crippen molar-refractivity contribution < 1.29 is 9.15 Å². The number of rotatable bonds is 3. The second-order valence-electron chi connectivity index (χ2n) is 4.62. The van der Waals surface area contributed by atoms with E-state index in [1.54, 1.807) is 7.11 Å². The number of ether oxygens (including phenoxy) is 1. The molecule has 0 aliphatic heterocycles. The molecule has 0 bridgehead atoms. The van der Waals surface area contributed by atoms with Gasteiger partial charge in [0.25, 0.3) is 0 Å². The minimum Gasteiger partial charge on any atom is -0.497 e. The molecule has 104 valence electrons.